The van der Waals surface area contributed by atoms with Gasteiger partial charge in [-0.15, -0.1) is 0 Å². The predicted molar refractivity (Wildman–Crippen MR) is 130 cm³/mol. The lowest BCUT2D eigenvalue weighted by molar-refractivity contribution is 0.0148. The number of nitrogens with zero attached hydrogens (tertiary/aromatic N) is 3. The highest BCUT2D eigenvalue weighted by molar-refractivity contribution is 5.65. The second-order valence-corrected chi connectivity index (χ2v) is 8.08. The number of aliphatic hydroxyl groups is 1. The molecule has 0 saturated heterocycles. The van der Waals surface area contributed by atoms with Gasteiger partial charge in [-0.2, -0.15) is 5.10 Å². The molecule has 0 aliphatic heterocycles. The number of aryl methyl sites for hydroxylation is 2. The highest BCUT2D eigenvalue weighted by atomic mass is 16.5. The zero-order chi connectivity index (χ0) is 23.6. The van der Waals surface area contributed by atoms with Crippen molar-refractivity contribution < 1.29 is 19.3 Å². The van der Waals surface area contributed by atoms with E-state index in [1.54, 1.807) is 11.8 Å². The summed E-state index contributed by atoms with van der Waals surface area (Å²) in [4.78, 5) is 2.15. The second-order valence-electron chi connectivity index (χ2n) is 8.08. The van der Waals surface area contributed by atoms with Crippen molar-refractivity contribution in [2.24, 2.45) is 7.05 Å². The van der Waals surface area contributed by atoms with Crippen molar-refractivity contribution >= 4 is 0 Å². The molecule has 7 heteroatoms. The summed E-state index contributed by atoms with van der Waals surface area (Å²) in [6.07, 6.45) is -0.597. The van der Waals surface area contributed by atoms with E-state index in [0.29, 0.717) is 45.3 Å². The van der Waals surface area contributed by atoms with Crippen LogP contribution in [0.2, 0.25) is 0 Å². The van der Waals surface area contributed by atoms with Crippen LogP contribution in [-0.4, -0.2) is 65.9 Å². The zero-order valence-electron chi connectivity index (χ0n) is 20.0. The summed E-state index contributed by atoms with van der Waals surface area (Å²) in [5.74, 6) is 1.44. The topological polar surface area (TPSA) is 69.0 Å². The lowest BCUT2D eigenvalue weighted by Gasteiger charge is -2.25. The van der Waals surface area contributed by atoms with Crippen LogP contribution in [0.1, 0.15) is 18.1 Å². The molecule has 0 amide bonds. The van der Waals surface area contributed by atoms with Gasteiger partial charge < -0.3 is 19.3 Å². The summed E-state index contributed by atoms with van der Waals surface area (Å²) in [5.41, 5.74) is 3.97. The van der Waals surface area contributed by atoms with Gasteiger partial charge in [-0.3, -0.25) is 4.90 Å². The molecule has 0 unspecified atom stereocenters. The monoisotopic (exact) mass is 453 g/mol. The molecule has 0 aliphatic carbocycles. The Labute approximate surface area is 196 Å². The molecule has 1 N–H and O–H groups in total. The van der Waals surface area contributed by atoms with Gasteiger partial charge in [0, 0.05) is 46.0 Å². The summed E-state index contributed by atoms with van der Waals surface area (Å²) in [6, 6.07) is 18.1. The van der Waals surface area contributed by atoms with Crippen molar-refractivity contribution in [1.29, 1.82) is 0 Å². The minimum Gasteiger partial charge on any atom is -0.439 e. The lowest BCUT2D eigenvalue weighted by atomic mass is 10.1. The minimum absolute atomic E-state index is 0.297. The SMILES string of the molecule is CCOC[C@@H](O)CN(CCOC)Cc1c(-c2ccccc2)nn(C)c1Oc1cccc(C)c1. The summed E-state index contributed by atoms with van der Waals surface area (Å²) >= 11 is 0. The van der Waals surface area contributed by atoms with Crippen LogP contribution in [0, 0.1) is 6.92 Å². The molecule has 0 spiro atoms. The van der Waals surface area contributed by atoms with E-state index in [2.05, 4.69) is 4.90 Å². The average molecular weight is 454 g/mol. The molecule has 1 heterocycles. The van der Waals surface area contributed by atoms with E-state index in [1.807, 2.05) is 75.5 Å². The van der Waals surface area contributed by atoms with Gasteiger partial charge in [-0.1, -0.05) is 42.5 Å². The zero-order valence-corrected chi connectivity index (χ0v) is 20.0. The van der Waals surface area contributed by atoms with Crippen LogP contribution < -0.4 is 4.74 Å². The van der Waals surface area contributed by atoms with Crippen molar-refractivity contribution in [3.8, 4) is 22.9 Å². The summed E-state index contributed by atoms with van der Waals surface area (Å²) in [7, 11) is 3.57. The molecule has 0 bridgehead atoms. The van der Waals surface area contributed by atoms with Crippen LogP contribution >= 0.6 is 0 Å². The molecule has 1 aromatic heterocycles. The highest BCUT2D eigenvalue weighted by Crippen LogP contribution is 2.34. The first-order valence-electron chi connectivity index (χ1n) is 11.3. The fourth-order valence-corrected chi connectivity index (χ4v) is 3.72. The number of aromatic nitrogens is 2. The van der Waals surface area contributed by atoms with Gasteiger partial charge in [0.15, 0.2) is 0 Å². The predicted octanol–water partition coefficient (Wildman–Crippen LogP) is 4.03. The standard InChI is InChI=1S/C26H35N3O4/c1-5-32-19-22(30)17-29(14-15-31-4)18-24-25(21-11-7-6-8-12-21)27-28(3)26(24)33-23-13-9-10-20(2)16-23/h6-13,16,22,30H,5,14-15,17-19H2,1-4H3/t22-/m0/s1. The number of benzene rings is 2. The van der Waals surface area contributed by atoms with Crippen LogP contribution in [0.15, 0.2) is 54.6 Å². The number of hydrogen-bond donors (Lipinski definition) is 1. The van der Waals surface area contributed by atoms with Gasteiger partial charge >= 0.3 is 0 Å². The number of methoxy groups -OCH3 is 1. The van der Waals surface area contributed by atoms with E-state index in [9.17, 15) is 5.11 Å². The molecule has 33 heavy (non-hydrogen) atoms. The quantitative estimate of drug-likeness (QED) is 0.421. The Morgan fingerprint density at radius 2 is 1.91 bits per heavy atom. The average Bonchev–Trinajstić information content (AvgIpc) is 3.11. The molecule has 7 nitrogen and oxygen atoms in total. The van der Waals surface area contributed by atoms with Crippen molar-refractivity contribution in [2.75, 3.05) is 40.0 Å². The van der Waals surface area contributed by atoms with Crippen LogP contribution in [0.3, 0.4) is 0 Å². The van der Waals surface area contributed by atoms with Gasteiger partial charge in [-0.25, -0.2) is 4.68 Å². The Kier molecular flexibility index (Phi) is 9.45. The van der Waals surface area contributed by atoms with Crippen molar-refractivity contribution in [3.63, 3.8) is 0 Å². The molecule has 1 atom stereocenters. The second kappa shape index (κ2) is 12.5. The van der Waals surface area contributed by atoms with Crippen LogP contribution in [0.25, 0.3) is 11.3 Å². The van der Waals surface area contributed by atoms with E-state index in [4.69, 9.17) is 19.3 Å². The number of aliphatic hydroxyl groups excluding tert-OH is 1. The first kappa shape index (κ1) is 24.9. The lowest BCUT2D eigenvalue weighted by Crippen LogP contribution is -2.36. The maximum atomic E-state index is 10.5. The van der Waals surface area contributed by atoms with E-state index < -0.39 is 6.10 Å². The molecule has 0 aliphatic rings. The molecule has 0 fully saturated rings. The fraction of sp³-hybridized carbons (Fsp3) is 0.423. The third-order valence-corrected chi connectivity index (χ3v) is 5.32. The molecule has 2 aromatic carbocycles. The molecule has 178 valence electrons. The highest BCUT2D eigenvalue weighted by Gasteiger charge is 2.23. The van der Waals surface area contributed by atoms with Crippen LogP contribution in [0.4, 0.5) is 0 Å². The maximum absolute atomic E-state index is 10.5. The normalized spacial score (nSPS) is 12.3. The Bertz CT molecular complexity index is 990. The fourth-order valence-electron chi connectivity index (χ4n) is 3.72. The van der Waals surface area contributed by atoms with Crippen LogP contribution in [-0.2, 0) is 23.1 Å². The van der Waals surface area contributed by atoms with Gasteiger partial charge in [0.1, 0.15) is 11.4 Å². The van der Waals surface area contributed by atoms with E-state index in [1.165, 1.54) is 0 Å². The van der Waals surface area contributed by atoms with Gasteiger partial charge in [0.25, 0.3) is 0 Å². The summed E-state index contributed by atoms with van der Waals surface area (Å²) < 4.78 is 18.9. The van der Waals surface area contributed by atoms with Gasteiger partial charge in [-0.05, 0) is 31.5 Å². The largest absolute Gasteiger partial charge is 0.439 e. The third-order valence-electron chi connectivity index (χ3n) is 5.32. The Balaban J connectivity index is 1.96. The Morgan fingerprint density at radius 1 is 1.12 bits per heavy atom. The first-order valence-corrected chi connectivity index (χ1v) is 11.3. The molecule has 3 aromatic rings. The molecular formula is C26H35N3O4. The van der Waals surface area contributed by atoms with Gasteiger partial charge in [0.05, 0.1) is 24.9 Å². The van der Waals surface area contributed by atoms with Crippen molar-refractivity contribution in [2.45, 2.75) is 26.5 Å². The number of hydrogen-bond acceptors (Lipinski definition) is 6. The Morgan fingerprint density at radius 3 is 2.61 bits per heavy atom. The molecule has 0 saturated carbocycles. The maximum Gasteiger partial charge on any atom is 0.222 e. The number of ether oxygens (including phenoxy) is 3. The summed E-state index contributed by atoms with van der Waals surface area (Å²) in [6.45, 7) is 7.05. The summed E-state index contributed by atoms with van der Waals surface area (Å²) in [5, 5.41) is 15.3. The first-order chi connectivity index (χ1) is 16.0. The van der Waals surface area contributed by atoms with E-state index in [-0.39, 0.29) is 0 Å². The van der Waals surface area contributed by atoms with Crippen LogP contribution in [0.5, 0.6) is 11.6 Å². The molecule has 3 rings (SSSR count). The number of rotatable bonds is 13. The smallest absolute Gasteiger partial charge is 0.222 e. The van der Waals surface area contributed by atoms with Gasteiger partial charge in [0.2, 0.25) is 5.88 Å². The third kappa shape index (κ3) is 7.14. The van der Waals surface area contributed by atoms with E-state index >= 15 is 0 Å². The minimum atomic E-state index is -0.597. The Hall–Kier alpha value is -2.71. The molecular weight excluding hydrogens is 418 g/mol. The van der Waals surface area contributed by atoms with Crippen molar-refractivity contribution in [3.05, 3.63) is 65.7 Å². The molecule has 0 radical (unpaired) electrons. The van der Waals surface area contributed by atoms with E-state index in [0.717, 1.165) is 28.1 Å². The van der Waals surface area contributed by atoms with Crippen molar-refractivity contribution in [1.82, 2.24) is 14.7 Å².